The molecule has 9 nitrogen and oxygen atoms in total. The van der Waals surface area contributed by atoms with Gasteiger partial charge in [0, 0.05) is 31.5 Å². The molecule has 1 amide bonds. The molecule has 162 valence electrons. The lowest BCUT2D eigenvalue weighted by molar-refractivity contribution is 0.0927. The van der Waals surface area contributed by atoms with Gasteiger partial charge in [-0.15, -0.1) is 0 Å². The zero-order valence-corrected chi connectivity index (χ0v) is 17.6. The fourth-order valence-electron chi connectivity index (χ4n) is 3.75. The molecule has 1 N–H and O–H groups in total. The third-order valence-corrected chi connectivity index (χ3v) is 5.33. The highest BCUT2D eigenvalue weighted by Crippen LogP contribution is 2.15. The van der Waals surface area contributed by atoms with Gasteiger partial charge in [-0.25, -0.2) is 0 Å². The fourth-order valence-corrected chi connectivity index (χ4v) is 3.75. The molecular weight excluding hydrogens is 398 g/mol. The summed E-state index contributed by atoms with van der Waals surface area (Å²) in [5, 5.41) is 6.71. The van der Waals surface area contributed by atoms with E-state index < -0.39 is 5.91 Å². The highest BCUT2D eigenvalue weighted by atomic mass is 16.5. The number of aromatic nitrogens is 4. The molecule has 1 aliphatic rings. The van der Waals surface area contributed by atoms with Gasteiger partial charge in [0.2, 0.25) is 11.7 Å². The summed E-state index contributed by atoms with van der Waals surface area (Å²) in [6, 6.07) is 7.30. The Morgan fingerprint density at radius 2 is 2.19 bits per heavy atom. The minimum Gasteiger partial charge on any atom is -0.376 e. The molecule has 9 heteroatoms. The molecule has 1 saturated heterocycles. The minimum atomic E-state index is -0.409. The van der Waals surface area contributed by atoms with Crippen molar-refractivity contribution in [3.05, 3.63) is 63.5 Å². The second kappa shape index (κ2) is 9.22. The van der Waals surface area contributed by atoms with Gasteiger partial charge in [0.25, 0.3) is 11.5 Å². The summed E-state index contributed by atoms with van der Waals surface area (Å²) in [5.74, 6) is 0.374. The number of carbonyl (C=O) groups is 1. The average molecular weight is 423 g/mol. The van der Waals surface area contributed by atoms with Crippen LogP contribution in [0.25, 0.3) is 11.5 Å². The van der Waals surface area contributed by atoms with Gasteiger partial charge < -0.3 is 19.1 Å². The molecule has 1 fully saturated rings. The molecule has 0 bridgehead atoms. The Hall–Kier alpha value is -3.33. The van der Waals surface area contributed by atoms with Gasteiger partial charge in [0.15, 0.2) is 0 Å². The standard InChI is InChI=1S/C22H25N5O4/c1-14-12-15(2)27(13-16-6-5-11-30-16)22(29)19(14)21(28)24-10-8-18-25-20(26-31-18)17-7-3-4-9-23-17/h3-4,7,9,12,16H,5-6,8,10-11,13H2,1-2H3,(H,24,28)/t16-/m0/s1. The molecule has 1 atom stereocenters. The van der Waals surface area contributed by atoms with Crippen LogP contribution in [0.2, 0.25) is 0 Å². The molecule has 3 aromatic rings. The van der Waals surface area contributed by atoms with E-state index >= 15 is 0 Å². The van der Waals surface area contributed by atoms with E-state index in [1.807, 2.05) is 25.1 Å². The number of hydrogen-bond acceptors (Lipinski definition) is 7. The van der Waals surface area contributed by atoms with Crippen LogP contribution in [0.3, 0.4) is 0 Å². The van der Waals surface area contributed by atoms with Crippen molar-refractivity contribution in [2.75, 3.05) is 13.2 Å². The molecule has 0 radical (unpaired) electrons. The summed E-state index contributed by atoms with van der Waals surface area (Å²) in [5.41, 5.74) is 1.95. The van der Waals surface area contributed by atoms with Crippen LogP contribution in [0, 0.1) is 13.8 Å². The number of amides is 1. The van der Waals surface area contributed by atoms with Crippen molar-refractivity contribution in [2.24, 2.45) is 0 Å². The van der Waals surface area contributed by atoms with E-state index in [4.69, 9.17) is 9.26 Å². The summed E-state index contributed by atoms with van der Waals surface area (Å²) in [6.45, 7) is 5.09. The van der Waals surface area contributed by atoms with Gasteiger partial charge in [0.05, 0.1) is 12.6 Å². The molecule has 0 unspecified atom stereocenters. The Labute approximate surface area is 179 Å². The van der Waals surface area contributed by atoms with Crippen LogP contribution >= 0.6 is 0 Å². The first-order chi connectivity index (χ1) is 15.0. The number of aryl methyl sites for hydroxylation is 2. The van der Waals surface area contributed by atoms with E-state index in [1.54, 1.807) is 23.8 Å². The quantitative estimate of drug-likeness (QED) is 0.619. The van der Waals surface area contributed by atoms with Crippen molar-refractivity contribution in [2.45, 2.75) is 45.8 Å². The Morgan fingerprint density at radius 3 is 2.94 bits per heavy atom. The molecular formula is C22H25N5O4. The first-order valence-electron chi connectivity index (χ1n) is 10.4. The molecule has 4 rings (SSSR count). The largest absolute Gasteiger partial charge is 0.376 e. The van der Waals surface area contributed by atoms with E-state index in [2.05, 4.69) is 20.4 Å². The molecule has 31 heavy (non-hydrogen) atoms. The Kier molecular flexibility index (Phi) is 6.22. The lowest BCUT2D eigenvalue weighted by Crippen LogP contribution is -2.37. The summed E-state index contributed by atoms with van der Waals surface area (Å²) >= 11 is 0. The number of nitrogens with zero attached hydrogens (tertiary/aromatic N) is 4. The van der Waals surface area contributed by atoms with Crippen molar-refractivity contribution >= 4 is 5.91 Å². The van der Waals surface area contributed by atoms with Crippen molar-refractivity contribution < 1.29 is 14.1 Å². The molecule has 3 aromatic heterocycles. The van der Waals surface area contributed by atoms with Crippen molar-refractivity contribution in [3.8, 4) is 11.5 Å². The van der Waals surface area contributed by atoms with E-state index in [0.29, 0.717) is 35.9 Å². The third-order valence-electron chi connectivity index (χ3n) is 5.33. The average Bonchev–Trinajstić information content (AvgIpc) is 3.44. The lowest BCUT2D eigenvalue weighted by Gasteiger charge is -2.17. The van der Waals surface area contributed by atoms with Gasteiger partial charge in [0.1, 0.15) is 11.3 Å². The van der Waals surface area contributed by atoms with Gasteiger partial charge >= 0.3 is 0 Å². The molecule has 0 saturated carbocycles. The number of nitrogens with one attached hydrogen (secondary N) is 1. The van der Waals surface area contributed by atoms with Crippen molar-refractivity contribution in [1.29, 1.82) is 0 Å². The Morgan fingerprint density at radius 1 is 1.32 bits per heavy atom. The van der Waals surface area contributed by atoms with E-state index in [9.17, 15) is 9.59 Å². The zero-order valence-electron chi connectivity index (χ0n) is 17.6. The molecule has 0 aliphatic carbocycles. The maximum Gasteiger partial charge on any atom is 0.263 e. The second-order valence-corrected chi connectivity index (χ2v) is 7.63. The van der Waals surface area contributed by atoms with Crippen LogP contribution in [0.4, 0.5) is 0 Å². The van der Waals surface area contributed by atoms with Crippen LogP contribution in [-0.4, -0.2) is 44.9 Å². The monoisotopic (exact) mass is 423 g/mol. The first kappa shape index (κ1) is 20.9. The highest BCUT2D eigenvalue weighted by molar-refractivity contribution is 5.95. The first-order valence-corrected chi connectivity index (χ1v) is 10.4. The normalized spacial score (nSPS) is 15.9. The predicted octanol–water partition coefficient (Wildman–Crippen LogP) is 2.06. The predicted molar refractivity (Wildman–Crippen MR) is 113 cm³/mol. The van der Waals surface area contributed by atoms with E-state index in [0.717, 1.165) is 25.1 Å². The zero-order chi connectivity index (χ0) is 21.8. The van der Waals surface area contributed by atoms with Gasteiger partial charge in [-0.05, 0) is 50.5 Å². The molecule has 0 spiro atoms. The third kappa shape index (κ3) is 4.72. The topological polar surface area (TPSA) is 112 Å². The summed E-state index contributed by atoms with van der Waals surface area (Å²) in [7, 11) is 0. The molecule has 4 heterocycles. The van der Waals surface area contributed by atoms with Gasteiger partial charge in [-0.2, -0.15) is 4.98 Å². The van der Waals surface area contributed by atoms with Crippen molar-refractivity contribution in [1.82, 2.24) is 25.0 Å². The lowest BCUT2D eigenvalue weighted by atomic mass is 10.1. The number of pyridine rings is 2. The Balaban J connectivity index is 1.41. The van der Waals surface area contributed by atoms with Crippen LogP contribution in [0.1, 0.15) is 40.3 Å². The highest BCUT2D eigenvalue weighted by Gasteiger charge is 2.22. The van der Waals surface area contributed by atoms with Crippen LogP contribution in [0.15, 0.2) is 39.8 Å². The number of ether oxygens (including phenoxy) is 1. The summed E-state index contributed by atoms with van der Waals surface area (Å²) in [4.78, 5) is 34.3. The molecule has 1 aliphatic heterocycles. The summed E-state index contributed by atoms with van der Waals surface area (Å²) < 4.78 is 12.5. The number of carbonyl (C=O) groups excluding carboxylic acids is 1. The Bertz CT molecular complexity index is 1120. The maximum absolute atomic E-state index is 13.0. The SMILES string of the molecule is Cc1cc(C)n(C[C@@H]2CCCO2)c(=O)c1C(=O)NCCc1nc(-c2ccccn2)no1. The maximum atomic E-state index is 13.0. The van der Waals surface area contributed by atoms with E-state index in [-0.39, 0.29) is 23.8 Å². The van der Waals surface area contributed by atoms with Crippen molar-refractivity contribution in [3.63, 3.8) is 0 Å². The van der Waals surface area contributed by atoms with Crippen LogP contribution < -0.4 is 10.9 Å². The fraction of sp³-hybridized carbons (Fsp3) is 0.409. The van der Waals surface area contributed by atoms with Gasteiger partial charge in [-0.1, -0.05) is 11.2 Å². The molecule has 0 aromatic carbocycles. The van der Waals surface area contributed by atoms with E-state index in [1.165, 1.54) is 0 Å². The smallest absolute Gasteiger partial charge is 0.263 e. The number of rotatable bonds is 7. The van der Waals surface area contributed by atoms with Crippen LogP contribution in [0.5, 0.6) is 0 Å². The minimum absolute atomic E-state index is 0.0147. The van der Waals surface area contributed by atoms with Gasteiger partial charge in [-0.3, -0.25) is 14.6 Å². The number of hydrogen-bond donors (Lipinski definition) is 1. The second-order valence-electron chi connectivity index (χ2n) is 7.63. The van der Waals surface area contributed by atoms with Crippen LogP contribution in [-0.2, 0) is 17.7 Å². The summed E-state index contributed by atoms with van der Waals surface area (Å²) in [6.07, 6.45) is 3.93.